The number of hydrogen-bond acceptors (Lipinski definition) is 2. The van der Waals surface area contributed by atoms with Gasteiger partial charge in [-0.25, -0.2) is 4.39 Å². The molecule has 0 amide bonds. The Kier molecular flexibility index (Phi) is 3.46. The normalized spacial score (nSPS) is 28.7. The van der Waals surface area contributed by atoms with E-state index in [0.29, 0.717) is 12.8 Å². The van der Waals surface area contributed by atoms with E-state index in [1.165, 1.54) is 0 Å². The van der Waals surface area contributed by atoms with Crippen molar-refractivity contribution in [1.29, 1.82) is 0 Å². The van der Waals surface area contributed by atoms with Crippen LogP contribution in [0.25, 0.3) is 0 Å². The smallest absolute Gasteiger partial charge is 0.133 e. The third-order valence-corrected chi connectivity index (χ3v) is 3.69. The van der Waals surface area contributed by atoms with Crippen molar-refractivity contribution in [3.05, 3.63) is 29.8 Å². The van der Waals surface area contributed by atoms with E-state index in [0.717, 1.165) is 30.4 Å². The molecule has 3 heteroatoms. The number of halogens is 1. The van der Waals surface area contributed by atoms with Crippen LogP contribution in [-0.2, 0) is 10.2 Å². The van der Waals surface area contributed by atoms with Crippen LogP contribution in [-0.4, -0.2) is 19.6 Å². The van der Waals surface area contributed by atoms with Crippen LogP contribution >= 0.6 is 0 Å². The van der Waals surface area contributed by atoms with Crippen molar-refractivity contribution in [2.24, 2.45) is 0 Å². The Labute approximate surface area is 101 Å². The second-order valence-corrected chi connectivity index (χ2v) is 4.60. The maximum Gasteiger partial charge on any atom is 0.133 e. The van der Waals surface area contributed by atoms with Crippen molar-refractivity contribution in [2.45, 2.75) is 37.3 Å². The van der Waals surface area contributed by atoms with Crippen LogP contribution < -0.4 is 4.74 Å². The van der Waals surface area contributed by atoms with E-state index in [2.05, 4.69) is 0 Å². The lowest BCUT2D eigenvalue weighted by atomic mass is 9.69. The van der Waals surface area contributed by atoms with Crippen LogP contribution in [0.2, 0.25) is 0 Å². The molecule has 1 aliphatic rings. The van der Waals surface area contributed by atoms with Crippen LogP contribution in [0, 0.1) is 0 Å². The monoisotopic (exact) mass is 236 g/mol. The Balaban J connectivity index is 2.35. The van der Waals surface area contributed by atoms with Gasteiger partial charge in [0.15, 0.2) is 0 Å². The first-order valence-corrected chi connectivity index (χ1v) is 5.98. The van der Waals surface area contributed by atoms with Gasteiger partial charge in [0.2, 0.25) is 0 Å². The van der Waals surface area contributed by atoms with Gasteiger partial charge in [-0.2, -0.15) is 0 Å². The molecule has 0 radical (unpaired) electrons. The summed E-state index contributed by atoms with van der Waals surface area (Å²) < 4.78 is 19.2. The summed E-state index contributed by atoms with van der Waals surface area (Å²) in [6, 6.07) is 7.15. The summed E-state index contributed by atoms with van der Waals surface area (Å²) in [5.74, 6) is 0.723. The van der Waals surface area contributed by atoms with Crippen LogP contribution in [0.3, 0.4) is 0 Å². The number of ether oxygens (including phenoxy) is 1. The molecule has 2 rings (SSSR count). The van der Waals surface area contributed by atoms with Gasteiger partial charge in [-0.3, -0.25) is 0 Å². The number of benzene rings is 1. The molecule has 0 heterocycles. The number of hydrogen-bond donors (Lipinski definition) is 0. The van der Waals surface area contributed by atoms with Gasteiger partial charge in [0.25, 0.3) is 0 Å². The maximum atomic E-state index is 14.1. The molecule has 1 saturated carbocycles. The lowest BCUT2D eigenvalue weighted by molar-refractivity contribution is -0.116. The predicted molar refractivity (Wildman–Crippen MR) is 64.1 cm³/mol. The molecule has 0 N–H and O–H groups in total. The highest BCUT2D eigenvalue weighted by Gasteiger charge is 2.42. The summed E-state index contributed by atoms with van der Waals surface area (Å²) in [6.45, 7) is 0. The molecule has 0 unspecified atom stereocenters. The third kappa shape index (κ3) is 2.06. The minimum atomic E-state index is -1.07. The van der Waals surface area contributed by atoms with Gasteiger partial charge in [-0.15, -0.1) is 0 Å². The first kappa shape index (κ1) is 12.1. The van der Waals surface area contributed by atoms with E-state index in [-0.39, 0.29) is 0 Å². The Bertz CT molecular complexity index is 388. The first-order chi connectivity index (χ1) is 8.23. The van der Waals surface area contributed by atoms with Crippen LogP contribution in [0.1, 0.15) is 31.2 Å². The van der Waals surface area contributed by atoms with Gasteiger partial charge < -0.3 is 9.53 Å². The Morgan fingerprint density at radius 2 is 2.06 bits per heavy atom. The quantitative estimate of drug-likeness (QED) is 0.754. The van der Waals surface area contributed by atoms with Crippen LogP contribution in [0.5, 0.6) is 5.75 Å². The highest BCUT2D eigenvalue weighted by molar-refractivity contribution is 5.70. The van der Waals surface area contributed by atoms with Gasteiger partial charge in [0, 0.05) is 0 Å². The van der Waals surface area contributed by atoms with Gasteiger partial charge in [0.1, 0.15) is 18.2 Å². The Morgan fingerprint density at radius 3 is 2.59 bits per heavy atom. The zero-order chi connectivity index (χ0) is 12.3. The molecule has 2 atom stereocenters. The second-order valence-electron chi connectivity index (χ2n) is 4.60. The van der Waals surface area contributed by atoms with Crippen LogP contribution in [0.15, 0.2) is 24.3 Å². The van der Waals surface area contributed by atoms with Crippen molar-refractivity contribution in [2.75, 3.05) is 7.11 Å². The maximum absolute atomic E-state index is 14.1. The molecule has 1 aromatic rings. The Morgan fingerprint density at radius 1 is 1.35 bits per heavy atom. The average molecular weight is 236 g/mol. The third-order valence-electron chi connectivity index (χ3n) is 3.69. The lowest BCUT2D eigenvalue weighted by Crippen LogP contribution is -2.41. The minimum absolute atomic E-state index is 0.477. The number of methoxy groups -OCH3 is 1. The fourth-order valence-electron chi connectivity index (χ4n) is 2.58. The molecule has 17 heavy (non-hydrogen) atoms. The molecule has 92 valence electrons. The van der Waals surface area contributed by atoms with Crippen molar-refractivity contribution in [1.82, 2.24) is 0 Å². The number of rotatable bonds is 3. The van der Waals surface area contributed by atoms with E-state index in [1.807, 2.05) is 0 Å². The molecule has 2 nitrogen and oxygen atoms in total. The predicted octanol–water partition coefficient (Wildman–Crippen LogP) is 3.04. The van der Waals surface area contributed by atoms with Crippen molar-refractivity contribution in [3.63, 3.8) is 0 Å². The summed E-state index contributed by atoms with van der Waals surface area (Å²) >= 11 is 0. The summed E-state index contributed by atoms with van der Waals surface area (Å²) in [5, 5.41) is 0. The number of alkyl halides is 1. The lowest BCUT2D eigenvalue weighted by Gasteiger charge is -2.35. The average Bonchev–Trinajstić information content (AvgIpc) is 2.40. The number of carbonyl (C=O) groups excluding carboxylic acids is 1. The second kappa shape index (κ2) is 4.86. The zero-order valence-corrected chi connectivity index (χ0v) is 9.99. The Hall–Kier alpha value is -1.38. The van der Waals surface area contributed by atoms with E-state index >= 15 is 0 Å². The summed E-state index contributed by atoms with van der Waals surface area (Å²) in [5.41, 5.74) is -0.176. The highest BCUT2D eigenvalue weighted by atomic mass is 19.1. The minimum Gasteiger partial charge on any atom is -0.497 e. The van der Waals surface area contributed by atoms with Gasteiger partial charge in [-0.05, 0) is 30.5 Å². The standard InChI is InChI=1S/C14H17FO2/c1-17-12-7-5-11(6-8-12)14(10-16)9-3-2-4-13(14)15/h5-8,10,13H,2-4,9H2,1H3/t13-,14-/m0/s1. The van der Waals surface area contributed by atoms with E-state index in [9.17, 15) is 9.18 Å². The van der Waals surface area contributed by atoms with Gasteiger partial charge >= 0.3 is 0 Å². The molecule has 1 fully saturated rings. The van der Waals surface area contributed by atoms with Gasteiger partial charge in [0.05, 0.1) is 12.5 Å². The molecule has 0 aromatic heterocycles. The van der Waals surface area contributed by atoms with Crippen LogP contribution in [0.4, 0.5) is 4.39 Å². The molecule has 0 bridgehead atoms. The number of carbonyl (C=O) groups is 1. The topological polar surface area (TPSA) is 26.3 Å². The molecule has 0 saturated heterocycles. The first-order valence-electron chi connectivity index (χ1n) is 5.98. The SMILES string of the molecule is COc1ccc([C@@]2(C=O)CCCC[C@@H]2F)cc1. The zero-order valence-electron chi connectivity index (χ0n) is 9.99. The number of aldehydes is 1. The van der Waals surface area contributed by atoms with E-state index < -0.39 is 11.6 Å². The van der Waals surface area contributed by atoms with E-state index in [4.69, 9.17) is 4.74 Å². The fraction of sp³-hybridized carbons (Fsp3) is 0.500. The van der Waals surface area contributed by atoms with E-state index in [1.54, 1.807) is 31.4 Å². The van der Waals surface area contributed by atoms with Gasteiger partial charge in [-0.1, -0.05) is 25.0 Å². The molecular weight excluding hydrogens is 219 g/mol. The van der Waals surface area contributed by atoms with Crippen molar-refractivity contribution < 1.29 is 13.9 Å². The summed E-state index contributed by atoms with van der Waals surface area (Å²) in [4.78, 5) is 11.4. The molecule has 1 aliphatic carbocycles. The van der Waals surface area contributed by atoms with Crippen molar-refractivity contribution in [3.8, 4) is 5.75 Å². The molecular formula is C14H17FO2. The molecule has 1 aromatic carbocycles. The summed E-state index contributed by atoms with van der Waals surface area (Å²) in [6.07, 6.45) is 2.58. The highest BCUT2D eigenvalue weighted by Crippen LogP contribution is 2.40. The fourth-order valence-corrected chi connectivity index (χ4v) is 2.58. The summed E-state index contributed by atoms with van der Waals surface area (Å²) in [7, 11) is 1.59. The molecule has 0 spiro atoms. The largest absolute Gasteiger partial charge is 0.497 e. The molecule has 0 aliphatic heterocycles. The van der Waals surface area contributed by atoms with Crippen molar-refractivity contribution >= 4 is 6.29 Å².